The highest BCUT2D eigenvalue weighted by atomic mass is 35.5. The molecule has 0 fully saturated rings. The van der Waals surface area contributed by atoms with E-state index in [4.69, 9.17) is 11.6 Å². The molecule has 0 aliphatic rings. The molecule has 0 spiro atoms. The van der Waals surface area contributed by atoms with Crippen LogP contribution in [0.25, 0.3) is 0 Å². The number of rotatable bonds is 3. The predicted molar refractivity (Wildman–Crippen MR) is 78.0 cm³/mol. The summed E-state index contributed by atoms with van der Waals surface area (Å²) in [6.07, 6.45) is 0. The molecule has 0 saturated heterocycles. The molecule has 1 amide bonds. The van der Waals surface area contributed by atoms with Crippen molar-refractivity contribution in [1.29, 1.82) is 0 Å². The number of carboxylic acid groups (broad SMARTS) is 1. The van der Waals surface area contributed by atoms with Crippen LogP contribution >= 0.6 is 34.3 Å². The Balaban J connectivity index is 2.31. The average Bonchev–Trinajstić information content (AvgIpc) is 2.85. The van der Waals surface area contributed by atoms with E-state index in [2.05, 4.69) is 5.32 Å². The summed E-state index contributed by atoms with van der Waals surface area (Å²) in [5.74, 6) is -1.39. The molecule has 100 valence electrons. The Morgan fingerprint density at radius 3 is 2.47 bits per heavy atom. The van der Waals surface area contributed by atoms with Gasteiger partial charge >= 0.3 is 5.97 Å². The Hall–Kier alpha value is -1.37. The Labute approximate surface area is 122 Å². The van der Waals surface area contributed by atoms with Crippen LogP contribution in [0.1, 0.15) is 30.5 Å². The number of hydrogen-bond acceptors (Lipinski definition) is 4. The highest BCUT2D eigenvalue weighted by Crippen LogP contribution is 2.33. The summed E-state index contributed by atoms with van der Waals surface area (Å²) >= 11 is 8.17. The minimum atomic E-state index is -1.04. The maximum atomic E-state index is 12.0. The quantitative estimate of drug-likeness (QED) is 0.898. The van der Waals surface area contributed by atoms with Crippen LogP contribution in [0.3, 0.4) is 0 Å². The smallest absolute Gasteiger partial charge is 0.338 e. The van der Waals surface area contributed by atoms with Crippen LogP contribution in [0.5, 0.6) is 0 Å². The van der Waals surface area contributed by atoms with Gasteiger partial charge in [0.05, 0.1) is 14.8 Å². The van der Waals surface area contributed by atoms with Crippen molar-refractivity contribution >= 4 is 51.2 Å². The van der Waals surface area contributed by atoms with Crippen molar-refractivity contribution in [3.05, 3.63) is 37.4 Å². The number of carbonyl (C=O) groups excluding carboxylic acids is 1. The lowest BCUT2D eigenvalue weighted by atomic mass is 10.1. The normalized spacial score (nSPS) is 10.5. The number of aromatic carboxylic acids is 1. The molecule has 7 heteroatoms. The first-order chi connectivity index (χ1) is 8.90. The number of hydrogen-bond donors (Lipinski definition) is 2. The molecule has 2 aromatic heterocycles. The Morgan fingerprint density at radius 2 is 1.95 bits per heavy atom. The first-order valence-electron chi connectivity index (χ1n) is 5.30. The topological polar surface area (TPSA) is 66.4 Å². The number of amides is 1. The molecule has 19 heavy (non-hydrogen) atoms. The van der Waals surface area contributed by atoms with Gasteiger partial charge in [0.2, 0.25) is 0 Å². The Morgan fingerprint density at radius 1 is 1.26 bits per heavy atom. The van der Waals surface area contributed by atoms with Gasteiger partial charge in [-0.1, -0.05) is 11.6 Å². The molecular weight excluding hydrogens is 306 g/mol. The average molecular weight is 316 g/mol. The van der Waals surface area contributed by atoms with Crippen molar-refractivity contribution in [2.24, 2.45) is 0 Å². The molecule has 0 radical (unpaired) electrons. The second-order valence-corrected chi connectivity index (χ2v) is 6.79. The molecule has 2 aromatic rings. The lowest BCUT2D eigenvalue weighted by Crippen LogP contribution is -2.12. The van der Waals surface area contributed by atoms with Gasteiger partial charge in [-0.2, -0.15) is 0 Å². The molecule has 2 rings (SSSR count). The van der Waals surface area contributed by atoms with Crippen LogP contribution in [-0.4, -0.2) is 17.0 Å². The number of halogens is 1. The highest BCUT2D eigenvalue weighted by molar-refractivity contribution is 7.18. The number of anilines is 1. The molecule has 0 bridgehead atoms. The zero-order valence-corrected chi connectivity index (χ0v) is 12.5. The maximum absolute atomic E-state index is 12.0. The molecule has 0 aliphatic carbocycles. The standard InChI is InChI=1S/C12H10ClNO3S2/c1-5-6(2)18-11(9(5)12(16)17)14-10(15)7-3-4-8(13)19-7/h3-4H,1-2H3,(H,14,15)(H,16,17). The summed E-state index contributed by atoms with van der Waals surface area (Å²) in [5, 5.41) is 12.2. The van der Waals surface area contributed by atoms with Crippen molar-refractivity contribution in [2.75, 3.05) is 5.32 Å². The summed E-state index contributed by atoms with van der Waals surface area (Å²) in [7, 11) is 0. The highest BCUT2D eigenvalue weighted by Gasteiger charge is 2.21. The number of thiophene rings is 2. The van der Waals surface area contributed by atoms with Gasteiger partial charge < -0.3 is 10.4 Å². The monoisotopic (exact) mass is 315 g/mol. The minimum absolute atomic E-state index is 0.151. The lowest BCUT2D eigenvalue weighted by Gasteiger charge is -2.02. The first kappa shape index (κ1) is 14.0. The molecule has 2 heterocycles. The second kappa shape index (κ2) is 5.32. The van der Waals surface area contributed by atoms with Crippen LogP contribution in [0.2, 0.25) is 4.34 Å². The fourth-order valence-electron chi connectivity index (χ4n) is 1.57. The molecule has 2 N–H and O–H groups in total. The summed E-state index contributed by atoms with van der Waals surface area (Å²) in [4.78, 5) is 24.5. The largest absolute Gasteiger partial charge is 0.478 e. The van der Waals surface area contributed by atoms with E-state index in [1.807, 2.05) is 6.92 Å². The summed E-state index contributed by atoms with van der Waals surface area (Å²) in [6, 6.07) is 3.24. The van der Waals surface area contributed by atoms with E-state index in [1.54, 1.807) is 19.1 Å². The van der Waals surface area contributed by atoms with E-state index in [1.165, 1.54) is 11.3 Å². The second-order valence-electron chi connectivity index (χ2n) is 3.85. The van der Waals surface area contributed by atoms with Gasteiger partial charge in [0.1, 0.15) is 5.00 Å². The third-order valence-corrected chi connectivity index (χ3v) is 4.98. The minimum Gasteiger partial charge on any atom is -0.478 e. The van der Waals surface area contributed by atoms with Crippen molar-refractivity contribution in [3.8, 4) is 0 Å². The van der Waals surface area contributed by atoms with Gasteiger partial charge in [0.15, 0.2) is 0 Å². The van der Waals surface area contributed by atoms with Crippen molar-refractivity contribution < 1.29 is 14.7 Å². The SMILES string of the molecule is Cc1sc(NC(=O)c2ccc(Cl)s2)c(C(=O)O)c1C. The number of carbonyl (C=O) groups is 2. The molecule has 0 atom stereocenters. The van der Waals surface area contributed by atoms with E-state index in [-0.39, 0.29) is 11.5 Å². The first-order valence-corrected chi connectivity index (χ1v) is 7.31. The number of nitrogens with one attached hydrogen (secondary N) is 1. The van der Waals surface area contributed by atoms with E-state index in [0.717, 1.165) is 16.2 Å². The van der Waals surface area contributed by atoms with Crippen LogP contribution in [0, 0.1) is 13.8 Å². The van der Waals surface area contributed by atoms with E-state index in [9.17, 15) is 14.7 Å². The van der Waals surface area contributed by atoms with Gasteiger partial charge in [-0.3, -0.25) is 4.79 Å². The van der Waals surface area contributed by atoms with E-state index in [0.29, 0.717) is 19.8 Å². The fraction of sp³-hybridized carbons (Fsp3) is 0.167. The van der Waals surface area contributed by atoms with Crippen LogP contribution < -0.4 is 5.32 Å². The zero-order chi connectivity index (χ0) is 14.2. The van der Waals surface area contributed by atoms with E-state index >= 15 is 0 Å². The van der Waals surface area contributed by atoms with Gasteiger partial charge in [0.25, 0.3) is 5.91 Å². The van der Waals surface area contributed by atoms with Crippen molar-refractivity contribution in [1.82, 2.24) is 0 Å². The predicted octanol–water partition coefficient (Wildman–Crippen LogP) is 4.03. The Bertz CT molecular complexity index is 660. The number of carboxylic acids is 1. The van der Waals surface area contributed by atoms with Gasteiger partial charge in [0, 0.05) is 4.88 Å². The van der Waals surface area contributed by atoms with Crippen molar-refractivity contribution in [3.63, 3.8) is 0 Å². The molecule has 0 unspecified atom stereocenters. The molecule has 0 aliphatic heterocycles. The van der Waals surface area contributed by atoms with Crippen LogP contribution in [0.4, 0.5) is 5.00 Å². The van der Waals surface area contributed by atoms with Crippen LogP contribution in [-0.2, 0) is 0 Å². The van der Waals surface area contributed by atoms with Gasteiger partial charge in [-0.15, -0.1) is 22.7 Å². The third-order valence-electron chi connectivity index (χ3n) is 2.62. The summed E-state index contributed by atoms with van der Waals surface area (Å²) in [6.45, 7) is 3.55. The van der Waals surface area contributed by atoms with Gasteiger partial charge in [-0.25, -0.2) is 4.79 Å². The maximum Gasteiger partial charge on any atom is 0.338 e. The molecule has 4 nitrogen and oxygen atoms in total. The summed E-state index contributed by atoms with van der Waals surface area (Å²) in [5.41, 5.74) is 0.829. The van der Waals surface area contributed by atoms with Crippen LogP contribution in [0.15, 0.2) is 12.1 Å². The Kier molecular flexibility index (Phi) is 3.93. The lowest BCUT2D eigenvalue weighted by molar-refractivity contribution is 0.0697. The zero-order valence-electron chi connectivity index (χ0n) is 10.1. The summed E-state index contributed by atoms with van der Waals surface area (Å²) < 4.78 is 0.516. The molecule has 0 saturated carbocycles. The van der Waals surface area contributed by atoms with E-state index < -0.39 is 5.97 Å². The van der Waals surface area contributed by atoms with Crippen molar-refractivity contribution in [2.45, 2.75) is 13.8 Å². The fourth-order valence-corrected chi connectivity index (χ4v) is 3.56. The molecular formula is C12H10ClNO3S2. The number of aryl methyl sites for hydroxylation is 1. The third kappa shape index (κ3) is 2.80. The van der Waals surface area contributed by atoms with Gasteiger partial charge in [-0.05, 0) is 31.5 Å². The molecule has 0 aromatic carbocycles.